The van der Waals surface area contributed by atoms with Crippen LogP contribution in [-0.2, 0) is 10.0 Å². The van der Waals surface area contributed by atoms with Crippen molar-refractivity contribution in [2.24, 2.45) is 0 Å². The van der Waals surface area contributed by atoms with Crippen molar-refractivity contribution in [2.75, 3.05) is 10.5 Å². The molecule has 0 aliphatic rings. The van der Waals surface area contributed by atoms with E-state index in [1.54, 1.807) is 13.8 Å². The summed E-state index contributed by atoms with van der Waals surface area (Å²) in [5, 5.41) is 7.13. The van der Waals surface area contributed by atoms with Gasteiger partial charge in [-0.2, -0.15) is 0 Å². The third kappa shape index (κ3) is 2.79. The molecule has 19 heavy (non-hydrogen) atoms. The average molecular weight is 303 g/mol. The number of nitrogens with zero attached hydrogens (tertiary/aromatic N) is 2. The topological polar surface area (TPSA) is 111 Å². The van der Waals surface area contributed by atoms with Gasteiger partial charge in [0.15, 0.2) is 0 Å². The number of rotatable bonds is 3. The predicted octanol–water partition coefficient (Wildman–Crippen LogP) is 1.72. The summed E-state index contributed by atoms with van der Waals surface area (Å²) in [6.45, 7) is 3.27. The number of benzene rings is 1. The van der Waals surface area contributed by atoms with Gasteiger partial charge in [-0.1, -0.05) is 16.7 Å². The van der Waals surface area contributed by atoms with Crippen LogP contribution < -0.4 is 10.5 Å². The summed E-state index contributed by atoms with van der Waals surface area (Å²) in [6, 6.07) is 2.53. The molecule has 1 heterocycles. The maximum atomic E-state index is 12.1. The van der Waals surface area contributed by atoms with Gasteiger partial charge in [0, 0.05) is 12.6 Å². The molecule has 0 atom stereocenters. The van der Waals surface area contributed by atoms with E-state index in [1.807, 2.05) is 0 Å². The van der Waals surface area contributed by atoms with Crippen molar-refractivity contribution < 1.29 is 12.8 Å². The van der Waals surface area contributed by atoms with Gasteiger partial charge in [-0.25, -0.2) is 13.1 Å². The van der Waals surface area contributed by atoms with Gasteiger partial charge in [0.05, 0.1) is 5.02 Å². The third-order valence-corrected chi connectivity index (χ3v) is 4.14. The Morgan fingerprint density at radius 2 is 2.00 bits per heavy atom. The van der Waals surface area contributed by atoms with Crippen LogP contribution >= 0.6 is 11.6 Å². The number of nitrogens with two attached hydrogens (primary N) is 1. The Morgan fingerprint density at radius 3 is 2.58 bits per heavy atom. The van der Waals surface area contributed by atoms with E-state index in [2.05, 4.69) is 14.9 Å². The number of hydrogen-bond acceptors (Lipinski definition) is 6. The minimum atomic E-state index is -3.93. The first-order chi connectivity index (χ1) is 8.79. The number of nitrogens with one attached hydrogen (secondary N) is 1. The van der Waals surface area contributed by atoms with Crippen LogP contribution in [0.15, 0.2) is 21.4 Å². The number of sulfonamides is 1. The Bertz CT molecular complexity index is 726. The van der Waals surface area contributed by atoms with Crippen LogP contribution in [0.5, 0.6) is 0 Å². The summed E-state index contributed by atoms with van der Waals surface area (Å²) in [4.78, 5) is -0.145. The van der Waals surface area contributed by atoms with Gasteiger partial charge in [-0.3, -0.25) is 0 Å². The maximum absolute atomic E-state index is 12.1. The van der Waals surface area contributed by atoms with Gasteiger partial charge in [-0.15, -0.1) is 5.10 Å². The second kappa shape index (κ2) is 4.71. The molecule has 3 N–H and O–H groups in total. The van der Waals surface area contributed by atoms with Gasteiger partial charge < -0.3 is 10.2 Å². The predicted molar refractivity (Wildman–Crippen MR) is 70.4 cm³/mol. The van der Waals surface area contributed by atoms with Gasteiger partial charge in [0.2, 0.25) is 5.89 Å². The quantitative estimate of drug-likeness (QED) is 0.835. The molecule has 0 radical (unpaired) electrons. The van der Waals surface area contributed by atoms with Gasteiger partial charge in [0.25, 0.3) is 10.0 Å². The lowest BCUT2D eigenvalue weighted by Gasteiger charge is -2.09. The standard InChI is InChI=1S/C10H11ClN4O3S/c1-5-3-7(11)9(4-8(5)12)19(16,17)15-10-14-13-6(2)18-10/h3-4H,12H2,1-2H3,(H,14,15). The normalized spacial score (nSPS) is 11.5. The Hall–Kier alpha value is -1.80. The highest BCUT2D eigenvalue weighted by Crippen LogP contribution is 2.28. The minimum absolute atomic E-state index is 0.0652. The van der Waals surface area contributed by atoms with Crippen LogP contribution in [0.4, 0.5) is 11.7 Å². The van der Waals surface area contributed by atoms with Crippen LogP contribution in [-0.4, -0.2) is 18.6 Å². The zero-order valence-electron chi connectivity index (χ0n) is 10.1. The molecule has 102 valence electrons. The van der Waals surface area contributed by atoms with E-state index >= 15 is 0 Å². The number of hydrogen-bond donors (Lipinski definition) is 2. The van der Waals surface area contributed by atoms with E-state index in [9.17, 15) is 8.42 Å². The Kier molecular flexibility index (Phi) is 3.38. The van der Waals surface area contributed by atoms with Gasteiger partial charge >= 0.3 is 6.01 Å². The van der Waals surface area contributed by atoms with E-state index in [4.69, 9.17) is 21.8 Å². The molecule has 2 rings (SSSR count). The van der Waals surface area contributed by atoms with Crippen LogP contribution in [0.3, 0.4) is 0 Å². The molecule has 9 heteroatoms. The number of anilines is 2. The smallest absolute Gasteiger partial charge is 0.329 e. The Balaban J connectivity index is 2.42. The molecule has 1 aromatic heterocycles. The maximum Gasteiger partial charge on any atom is 0.329 e. The van der Waals surface area contributed by atoms with E-state index in [-0.39, 0.29) is 21.8 Å². The molecule has 0 spiro atoms. The molecular formula is C10H11ClN4O3S. The molecule has 0 aliphatic heterocycles. The molecule has 1 aromatic carbocycles. The first-order valence-electron chi connectivity index (χ1n) is 5.18. The molecule has 0 fully saturated rings. The van der Waals surface area contributed by atoms with E-state index in [0.29, 0.717) is 11.3 Å². The van der Waals surface area contributed by atoms with E-state index in [0.717, 1.165) is 0 Å². The summed E-state index contributed by atoms with van der Waals surface area (Å²) in [6.07, 6.45) is 0. The highest BCUT2D eigenvalue weighted by atomic mass is 35.5. The molecule has 0 aliphatic carbocycles. The van der Waals surface area contributed by atoms with E-state index in [1.165, 1.54) is 12.1 Å². The number of halogens is 1. The summed E-state index contributed by atoms with van der Waals surface area (Å²) in [7, 11) is -3.93. The van der Waals surface area contributed by atoms with Gasteiger partial charge in [0.1, 0.15) is 4.90 Å². The fourth-order valence-electron chi connectivity index (χ4n) is 1.38. The third-order valence-electron chi connectivity index (χ3n) is 2.36. The highest BCUT2D eigenvalue weighted by molar-refractivity contribution is 7.92. The molecule has 7 nitrogen and oxygen atoms in total. The number of nitrogen functional groups attached to an aromatic ring is 1. The van der Waals surface area contributed by atoms with Crippen LogP contribution in [0, 0.1) is 13.8 Å². The summed E-state index contributed by atoms with van der Waals surface area (Å²) < 4.78 is 31.3. The molecule has 0 amide bonds. The minimum Gasteiger partial charge on any atom is -0.408 e. The molecule has 0 saturated carbocycles. The largest absolute Gasteiger partial charge is 0.408 e. The first kappa shape index (κ1) is 13.6. The van der Waals surface area contributed by atoms with Crippen molar-refractivity contribution in [2.45, 2.75) is 18.7 Å². The number of aromatic nitrogens is 2. The zero-order valence-corrected chi connectivity index (χ0v) is 11.7. The van der Waals surface area contributed by atoms with Crippen molar-refractivity contribution in [1.82, 2.24) is 10.2 Å². The zero-order chi connectivity index (χ0) is 14.2. The lowest BCUT2D eigenvalue weighted by Crippen LogP contribution is -2.14. The molecule has 0 unspecified atom stereocenters. The summed E-state index contributed by atoms with van der Waals surface area (Å²) in [5.74, 6) is 0.243. The van der Waals surface area contributed by atoms with E-state index < -0.39 is 10.0 Å². The van der Waals surface area contributed by atoms with Crippen LogP contribution in [0.1, 0.15) is 11.5 Å². The SMILES string of the molecule is Cc1nnc(NS(=O)(=O)c2cc(N)c(C)cc2Cl)o1. The second-order valence-electron chi connectivity index (χ2n) is 3.87. The highest BCUT2D eigenvalue weighted by Gasteiger charge is 2.21. The van der Waals surface area contributed by atoms with Crippen molar-refractivity contribution in [3.63, 3.8) is 0 Å². The van der Waals surface area contributed by atoms with Crippen molar-refractivity contribution in [3.05, 3.63) is 28.6 Å². The summed E-state index contributed by atoms with van der Waals surface area (Å²) >= 11 is 5.92. The fraction of sp³-hybridized carbons (Fsp3) is 0.200. The summed E-state index contributed by atoms with van der Waals surface area (Å²) in [5.41, 5.74) is 6.70. The van der Waals surface area contributed by atoms with Crippen molar-refractivity contribution >= 4 is 33.3 Å². The molecular weight excluding hydrogens is 292 g/mol. The first-order valence-corrected chi connectivity index (χ1v) is 7.04. The van der Waals surface area contributed by atoms with Gasteiger partial charge in [-0.05, 0) is 24.6 Å². The fourth-order valence-corrected chi connectivity index (χ4v) is 2.93. The van der Waals surface area contributed by atoms with Crippen molar-refractivity contribution in [3.8, 4) is 0 Å². The molecule has 0 bridgehead atoms. The average Bonchev–Trinajstić information content (AvgIpc) is 2.68. The number of aryl methyl sites for hydroxylation is 2. The Morgan fingerprint density at radius 1 is 1.32 bits per heavy atom. The van der Waals surface area contributed by atoms with Crippen molar-refractivity contribution in [1.29, 1.82) is 0 Å². The van der Waals surface area contributed by atoms with Crippen LogP contribution in [0.25, 0.3) is 0 Å². The lowest BCUT2D eigenvalue weighted by molar-refractivity contribution is 0.534. The molecule has 2 aromatic rings. The molecule has 0 saturated heterocycles. The monoisotopic (exact) mass is 302 g/mol. The second-order valence-corrected chi connectivity index (χ2v) is 5.93. The van der Waals surface area contributed by atoms with Crippen LogP contribution in [0.2, 0.25) is 5.02 Å². The Labute approximate surface area is 114 Å². The lowest BCUT2D eigenvalue weighted by atomic mass is 10.2.